The molecule has 4 heteroatoms. The van der Waals surface area contributed by atoms with Gasteiger partial charge in [-0.15, -0.1) is 0 Å². The molecule has 0 aliphatic heterocycles. The minimum absolute atomic E-state index is 0.0944. The molecule has 0 aliphatic rings. The zero-order valence-corrected chi connectivity index (χ0v) is 12.6. The van der Waals surface area contributed by atoms with Crippen molar-refractivity contribution in [3.8, 4) is 16.9 Å². The largest absolute Gasteiger partial charge is 0.506 e. The highest BCUT2D eigenvalue weighted by molar-refractivity contribution is 6.32. The Bertz CT molecular complexity index is 668. The van der Waals surface area contributed by atoms with Crippen molar-refractivity contribution in [1.82, 2.24) is 4.90 Å². The number of phenolic OH excluding ortho intramolecular Hbond substituents is 1. The summed E-state index contributed by atoms with van der Waals surface area (Å²) in [5.74, 6) is 0.0944. The number of rotatable bonds is 5. The molecule has 2 aromatic rings. The Morgan fingerprint density at radius 2 is 2.00 bits per heavy atom. The molecule has 2 rings (SSSR count). The van der Waals surface area contributed by atoms with Gasteiger partial charge in [-0.2, -0.15) is 0 Å². The molecule has 0 amide bonds. The highest BCUT2D eigenvalue weighted by atomic mass is 35.5. The van der Waals surface area contributed by atoms with Crippen LogP contribution in [0.4, 0.5) is 0 Å². The molecule has 0 bridgehead atoms. The van der Waals surface area contributed by atoms with Crippen LogP contribution in [0, 0.1) is 0 Å². The van der Waals surface area contributed by atoms with Crippen molar-refractivity contribution in [3.63, 3.8) is 0 Å². The van der Waals surface area contributed by atoms with Gasteiger partial charge in [-0.3, -0.25) is 0 Å². The fourth-order valence-electron chi connectivity index (χ4n) is 2.03. The van der Waals surface area contributed by atoms with Crippen LogP contribution in [-0.4, -0.2) is 23.4 Å². The second-order valence-corrected chi connectivity index (χ2v) is 5.14. The van der Waals surface area contributed by atoms with Crippen LogP contribution in [0.1, 0.15) is 5.56 Å². The van der Waals surface area contributed by atoms with Crippen LogP contribution >= 0.6 is 11.6 Å². The van der Waals surface area contributed by atoms with E-state index in [9.17, 15) is 5.11 Å². The molecule has 0 aliphatic carbocycles. The summed E-state index contributed by atoms with van der Waals surface area (Å²) in [6.07, 6.45) is 3.24. The normalized spacial score (nSPS) is 10.8. The number of nitrogens with zero attached hydrogens (tertiary/aromatic N) is 2. The van der Waals surface area contributed by atoms with E-state index in [2.05, 4.69) is 23.7 Å². The molecule has 0 heterocycles. The highest BCUT2D eigenvalue weighted by Gasteiger charge is 2.04. The van der Waals surface area contributed by atoms with Gasteiger partial charge in [0, 0.05) is 19.8 Å². The van der Waals surface area contributed by atoms with E-state index in [1.807, 2.05) is 30.1 Å². The average molecular weight is 301 g/mol. The quantitative estimate of drug-likeness (QED) is 0.659. The molecule has 3 nitrogen and oxygen atoms in total. The van der Waals surface area contributed by atoms with Gasteiger partial charge in [-0.05, 0) is 34.9 Å². The number of hydrogen-bond acceptors (Lipinski definition) is 2. The molecule has 0 aromatic heterocycles. The molecule has 0 radical (unpaired) electrons. The molecule has 21 heavy (non-hydrogen) atoms. The number of aliphatic imine (C=N–C) groups is 1. The smallest absolute Gasteiger partial charge is 0.134 e. The molecule has 0 saturated carbocycles. The third kappa shape index (κ3) is 4.10. The first kappa shape index (κ1) is 15.1. The van der Waals surface area contributed by atoms with Gasteiger partial charge in [0.2, 0.25) is 0 Å². The van der Waals surface area contributed by atoms with Crippen LogP contribution in [0.5, 0.6) is 5.75 Å². The van der Waals surface area contributed by atoms with Crippen molar-refractivity contribution < 1.29 is 5.11 Å². The molecular formula is C17H17ClN2O. The van der Waals surface area contributed by atoms with Gasteiger partial charge in [0.25, 0.3) is 0 Å². The summed E-state index contributed by atoms with van der Waals surface area (Å²) >= 11 is 5.96. The molecule has 0 fully saturated rings. The predicted molar refractivity (Wildman–Crippen MR) is 88.7 cm³/mol. The van der Waals surface area contributed by atoms with Crippen molar-refractivity contribution >= 4 is 17.9 Å². The van der Waals surface area contributed by atoms with Gasteiger partial charge in [-0.25, -0.2) is 4.99 Å². The molecule has 108 valence electrons. The van der Waals surface area contributed by atoms with Gasteiger partial charge in [0.1, 0.15) is 5.75 Å². The maximum absolute atomic E-state index is 9.49. The van der Waals surface area contributed by atoms with E-state index in [0.717, 1.165) is 23.2 Å². The molecule has 2 aromatic carbocycles. The Morgan fingerprint density at radius 1 is 1.24 bits per heavy atom. The second-order valence-electron chi connectivity index (χ2n) is 4.73. The van der Waals surface area contributed by atoms with E-state index in [1.165, 1.54) is 6.20 Å². The first-order valence-corrected chi connectivity index (χ1v) is 6.90. The predicted octanol–water partition coefficient (Wildman–Crippen LogP) is 4.32. The van der Waals surface area contributed by atoms with Gasteiger partial charge >= 0.3 is 0 Å². The SMILES string of the molecule is C=CN=CN(C)Cc1cccc(-c2ccc(O)c(Cl)c2)c1. The lowest BCUT2D eigenvalue weighted by Gasteiger charge is -2.13. The number of benzene rings is 2. The van der Waals surface area contributed by atoms with Gasteiger partial charge in [0.05, 0.1) is 11.4 Å². The zero-order valence-electron chi connectivity index (χ0n) is 11.8. The fraction of sp³-hybridized carbons (Fsp3) is 0.118. The Kier molecular flexibility index (Phi) is 5.01. The Balaban J connectivity index is 2.22. The monoisotopic (exact) mass is 300 g/mol. The van der Waals surface area contributed by atoms with E-state index < -0.39 is 0 Å². The fourth-order valence-corrected chi connectivity index (χ4v) is 2.21. The van der Waals surface area contributed by atoms with Crippen molar-refractivity contribution in [2.24, 2.45) is 4.99 Å². The van der Waals surface area contributed by atoms with Crippen molar-refractivity contribution in [1.29, 1.82) is 0 Å². The number of phenols is 1. The van der Waals surface area contributed by atoms with Gasteiger partial charge < -0.3 is 10.0 Å². The van der Waals surface area contributed by atoms with E-state index in [-0.39, 0.29) is 5.75 Å². The molecule has 0 spiro atoms. The topological polar surface area (TPSA) is 35.8 Å². The third-order valence-electron chi connectivity index (χ3n) is 3.01. The summed E-state index contributed by atoms with van der Waals surface area (Å²) < 4.78 is 0. The van der Waals surface area contributed by atoms with Crippen LogP contribution in [0.2, 0.25) is 5.02 Å². The highest BCUT2D eigenvalue weighted by Crippen LogP contribution is 2.29. The molecule has 1 N–H and O–H groups in total. The number of aromatic hydroxyl groups is 1. The lowest BCUT2D eigenvalue weighted by atomic mass is 10.0. The first-order valence-electron chi connectivity index (χ1n) is 6.52. The summed E-state index contributed by atoms with van der Waals surface area (Å²) in [5.41, 5.74) is 3.19. The lowest BCUT2D eigenvalue weighted by Crippen LogP contribution is -2.15. The Hall–Kier alpha value is -2.26. The van der Waals surface area contributed by atoms with E-state index in [1.54, 1.807) is 18.5 Å². The number of hydrogen-bond donors (Lipinski definition) is 1. The minimum Gasteiger partial charge on any atom is -0.506 e. The van der Waals surface area contributed by atoms with Gasteiger partial charge in [-0.1, -0.05) is 42.4 Å². The summed E-state index contributed by atoms with van der Waals surface area (Å²) in [4.78, 5) is 5.97. The van der Waals surface area contributed by atoms with Crippen LogP contribution in [0.15, 0.2) is 60.2 Å². The first-order chi connectivity index (χ1) is 10.1. The minimum atomic E-state index is 0.0944. The molecule has 0 unspecified atom stereocenters. The third-order valence-corrected chi connectivity index (χ3v) is 3.31. The van der Waals surface area contributed by atoms with E-state index in [4.69, 9.17) is 11.6 Å². The maximum atomic E-state index is 9.49. The van der Waals surface area contributed by atoms with Crippen LogP contribution in [0.3, 0.4) is 0 Å². The average Bonchev–Trinajstić information content (AvgIpc) is 2.48. The summed E-state index contributed by atoms with van der Waals surface area (Å²) in [6.45, 7) is 4.30. The molecule has 0 saturated heterocycles. The Labute approximate surface area is 129 Å². The van der Waals surface area contributed by atoms with Gasteiger partial charge in [0.15, 0.2) is 0 Å². The number of halogens is 1. The lowest BCUT2D eigenvalue weighted by molar-refractivity contribution is 0.475. The van der Waals surface area contributed by atoms with Crippen LogP contribution in [0.25, 0.3) is 11.1 Å². The molecular weight excluding hydrogens is 284 g/mol. The van der Waals surface area contributed by atoms with E-state index >= 15 is 0 Å². The summed E-state index contributed by atoms with van der Waals surface area (Å²) in [6, 6.07) is 13.4. The van der Waals surface area contributed by atoms with Crippen molar-refractivity contribution in [2.75, 3.05) is 7.05 Å². The van der Waals surface area contributed by atoms with Crippen molar-refractivity contribution in [3.05, 3.63) is 65.8 Å². The van der Waals surface area contributed by atoms with Crippen LogP contribution in [-0.2, 0) is 6.54 Å². The van der Waals surface area contributed by atoms with Crippen molar-refractivity contribution in [2.45, 2.75) is 6.54 Å². The summed E-state index contributed by atoms with van der Waals surface area (Å²) in [5, 5.41) is 9.84. The second kappa shape index (κ2) is 6.95. The van der Waals surface area contributed by atoms with Crippen LogP contribution < -0.4 is 0 Å². The standard InChI is InChI=1S/C17H17ClN2O/c1-3-19-12-20(2)11-13-5-4-6-14(9-13)15-7-8-17(21)16(18)10-15/h3-10,12,21H,1,11H2,2H3. The molecule has 0 atom stereocenters. The summed E-state index contributed by atoms with van der Waals surface area (Å²) in [7, 11) is 1.96. The van der Waals surface area contributed by atoms with E-state index in [0.29, 0.717) is 5.02 Å². The Morgan fingerprint density at radius 3 is 2.71 bits per heavy atom. The maximum Gasteiger partial charge on any atom is 0.134 e. The zero-order chi connectivity index (χ0) is 15.2.